The van der Waals surface area contributed by atoms with Crippen molar-refractivity contribution in [1.29, 1.82) is 0 Å². The molecule has 3 aromatic rings. The van der Waals surface area contributed by atoms with Gasteiger partial charge in [0.2, 0.25) is 0 Å². The molecule has 0 saturated heterocycles. The Labute approximate surface area is 135 Å². The SMILES string of the molecule is O=C1NCNc2nc3c(nc21)c1c(c2ncccc23)N=CCC1=O. The van der Waals surface area contributed by atoms with Gasteiger partial charge < -0.3 is 10.6 Å². The van der Waals surface area contributed by atoms with E-state index in [-0.39, 0.29) is 30.5 Å². The Kier molecular flexibility index (Phi) is 2.47. The molecule has 2 aromatic heterocycles. The van der Waals surface area contributed by atoms with Gasteiger partial charge >= 0.3 is 0 Å². The van der Waals surface area contributed by atoms with Gasteiger partial charge in [-0.2, -0.15) is 0 Å². The third-order valence-corrected chi connectivity index (χ3v) is 4.15. The molecule has 0 radical (unpaired) electrons. The Balaban J connectivity index is 2.03. The lowest BCUT2D eigenvalue weighted by atomic mass is 9.98. The van der Waals surface area contributed by atoms with Crippen LogP contribution in [0.1, 0.15) is 27.3 Å². The second-order valence-electron chi connectivity index (χ2n) is 5.54. The number of hydrogen-bond acceptors (Lipinski definition) is 7. The van der Waals surface area contributed by atoms with Crippen molar-refractivity contribution in [2.24, 2.45) is 4.99 Å². The first kappa shape index (κ1) is 13.1. The smallest absolute Gasteiger partial charge is 0.275 e. The average molecular weight is 318 g/mol. The van der Waals surface area contributed by atoms with E-state index in [0.29, 0.717) is 33.6 Å². The number of pyridine rings is 1. The van der Waals surface area contributed by atoms with Crippen molar-refractivity contribution in [3.8, 4) is 0 Å². The molecule has 5 rings (SSSR count). The number of nitrogens with one attached hydrogen (secondary N) is 2. The van der Waals surface area contributed by atoms with E-state index in [4.69, 9.17) is 0 Å². The molecule has 0 bridgehead atoms. The lowest BCUT2D eigenvalue weighted by Crippen LogP contribution is -2.36. The number of aromatic nitrogens is 3. The van der Waals surface area contributed by atoms with Crippen molar-refractivity contribution in [3.05, 3.63) is 29.6 Å². The van der Waals surface area contributed by atoms with Gasteiger partial charge in [-0.15, -0.1) is 0 Å². The number of ketones is 1. The second kappa shape index (κ2) is 4.54. The van der Waals surface area contributed by atoms with Crippen LogP contribution in [0.2, 0.25) is 0 Å². The van der Waals surface area contributed by atoms with Gasteiger partial charge in [0.05, 0.1) is 17.7 Å². The third kappa shape index (κ3) is 1.62. The maximum Gasteiger partial charge on any atom is 0.275 e. The predicted octanol–water partition coefficient (Wildman–Crippen LogP) is 1.58. The number of Topliss-reactive ketones (excluding diaryl/α,β-unsaturated/α-hetero) is 1. The summed E-state index contributed by atoms with van der Waals surface area (Å²) in [6.07, 6.45) is 3.43. The number of benzene rings is 1. The van der Waals surface area contributed by atoms with E-state index in [1.165, 1.54) is 0 Å². The molecule has 8 heteroatoms. The maximum absolute atomic E-state index is 12.5. The number of amides is 1. The molecule has 4 heterocycles. The predicted molar refractivity (Wildman–Crippen MR) is 87.9 cm³/mol. The van der Waals surface area contributed by atoms with Crippen molar-refractivity contribution in [2.45, 2.75) is 6.42 Å². The quantitative estimate of drug-likeness (QED) is 0.609. The molecule has 2 aliphatic rings. The lowest BCUT2D eigenvalue weighted by Gasteiger charge is -2.19. The zero-order valence-electron chi connectivity index (χ0n) is 12.3. The van der Waals surface area contributed by atoms with Crippen molar-refractivity contribution < 1.29 is 9.59 Å². The molecular formula is C16H10N6O2. The number of fused-ring (bicyclic) bond motifs is 7. The van der Waals surface area contributed by atoms with Crippen LogP contribution in [-0.2, 0) is 0 Å². The summed E-state index contributed by atoms with van der Waals surface area (Å²) in [5.41, 5.74) is 2.61. The number of anilines is 1. The molecule has 1 aromatic carbocycles. The number of nitrogens with zero attached hydrogens (tertiary/aromatic N) is 4. The van der Waals surface area contributed by atoms with Gasteiger partial charge in [-0.25, -0.2) is 9.97 Å². The number of aliphatic imine (C=N–C) groups is 1. The van der Waals surface area contributed by atoms with Crippen LogP contribution in [0.4, 0.5) is 11.5 Å². The van der Waals surface area contributed by atoms with Crippen LogP contribution < -0.4 is 10.6 Å². The normalized spacial score (nSPS) is 15.8. The highest BCUT2D eigenvalue weighted by Gasteiger charge is 2.27. The number of hydrogen-bond donors (Lipinski definition) is 2. The number of rotatable bonds is 0. The summed E-state index contributed by atoms with van der Waals surface area (Å²) in [5, 5.41) is 6.40. The van der Waals surface area contributed by atoms with Gasteiger partial charge in [0, 0.05) is 24.2 Å². The maximum atomic E-state index is 12.5. The van der Waals surface area contributed by atoms with Crippen LogP contribution >= 0.6 is 0 Å². The summed E-state index contributed by atoms with van der Waals surface area (Å²) in [5.74, 6) is -0.0102. The Morgan fingerprint density at radius 3 is 2.88 bits per heavy atom. The first-order valence-electron chi connectivity index (χ1n) is 7.44. The lowest BCUT2D eigenvalue weighted by molar-refractivity contribution is 0.0945. The van der Waals surface area contributed by atoms with Crippen LogP contribution in [-0.4, -0.2) is 39.5 Å². The van der Waals surface area contributed by atoms with Gasteiger partial charge in [0.1, 0.15) is 16.7 Å². The van der Waals surface area contributed by atoms with Gasteiger partial charge in [0.25, 0.3) is 5.91 Å². The number of carbonyl (C=O) groups is 2. The molecule has 0 fully saturated rings. The Hall–Kier alpha value is -3.42. The van der Waals surface area contributed by atoms with Gasteiger partial charge in [-0.05, 0) is 12.1 Å². The van der Waals surface area contributed by atoms with Gasteiger partial charge in [-0.1, -0.05) is 0 Å². The highest BCUT2D eigenvalue weighted by Crippen LogP contribution is 2.38. The molecular weight excluding hydrogens is 308 g/mol. The fourth-order valence-electron chi connectivity index (χ4n) is 3.10. The average Bonchev–Trinajstić information content (AvgIpc) is 2.61. The van der Waals surface area contributed by atoms with E-state index < -0.39 is 0 Å². The fourth-order valence-corrected chi connectivity index (χ4v) is 3.10. The molecule has 0 spiro atoms. The molecule has 0 unspecified atom stereocenters. The minimum Gasteiger partial charge on any atom is -0.351 e. The third-order valence-electron chi connectivity index (χ3n) is 4.15. The van der Waals surface area contributed by atoms with Crippen LogP contribution in [0.15, 0.2) is 23.3 Å². The van der Waals surface area contributed by atoms with Crippen molar-refractivity contribution in [1.82, 2.24) is 20.3 Å². The zero-order chi connectivity index (χ0) is 16.3. The zero-order valence-corrected chi connectivity index (χ0v) is 12.3. The largest absolute Gasteiger partial charge is 0.351 e. The van der Waals surface area contributed by atoms with E-state index >= 15 is 0 Å². The summed E-state index contributed by atoms with van der Waals surface area (Å²) < 4.78 is 0. The van der Waals surface area contributed by atoms with E-state index in [9.17, 15) is 9.59 Å². The van der Waals surface area contributed by atoms with Crippen LogP contribution in [0.25, 0.3) is 21.9 Å². The molecule has 116 valence electrons. The summed E-state index contributed by atoms with van der Waals surface area (Å²) in [6.45, 7) is 0.288. The second-order valence-corrected chi connectivity index (χ2v) is 5.54. The molecule has 1 amide bonds. The van der Waals surface area contributed by atoms with Crippen LogP contribution in [0, 0.1) is 0 Å². The minimum absolute atomic E-state index is 0.101. The molecule has 0 atom stereocenters. The van der Waals surface area contributed by atoms with Crippen LogP contribution in [0.5, 0.6) is 0 Å². The van der Waals surface area contributed by atoms with E-state index in [1.54, 1.807) is 18.5 Å². The highest BCUT2D eigenvalue weighted by atomic mass is 16.2. The van der Waals surface area contributed by atoms with E-state index in [2.05, 4.69) is 30.6 Å². The monoisotopic (exact) mass is 318 g/mol. The molecule has 0 aliphatic carbocycles. The Bertz CT molecular complexity index is 1100. The highest BCUT2D eigenvalue weighted by molar-refractivity contribution is 6.24. The molecule has 2 aliphatic heterocycles. The van der Waals surface area contributed by atoms with Gasteiger partial charge in [0.15, 0.2) is 17.3 Å². The van der Waals surface area contributed by atoms with Crippen molar-refractivity contribution in [2.75, 3.05) is 12.0 Å². The Morgan fingerprint density at radius 1 is 1.04 bits per heavy atom. The summed E-state index contributed by atoms with van der Waals surface area (Å²) in [7, 11) is 0. The van der Waals surface area contributed by atoms with Crippen molar-refractivity contribution >= 4 is 51.3 Å². The molecule has 8 nitrogen and oxygen atoms in total. The van der Waals surface area contributed by atoms with Crippen molar-refractivity contribution in [3.63, 3.8) is 0 Å². The first-order valence-corrected chi connectivity index (χ1v) is 7.44. The van der Waals surface area contributed by atoms with Crippen LogP contribution in [0.3, 0.4) is 0 Å². The fraction of sp³-hybridized carbons (Fsp3) is 0.125. The molecule has 2 N–H and O–H groups in total. The topological polar surface area (TPSA) is 109 Å². The summed E-state index contributed by atoms with van der Waals surface area (Å²) >= 11 is 0. The Morgan fingerprint density at radius 2 is 1.96 bits per heavy atom. The summed E-state index contributed by atoms with van der Waals surface area (Å²) in [4.78, 5) is 42.3. The molecule has 0 saturated carbocycles. The summed E-state index contributed by atoms with van der Waals surface area (Å²) in [6, 6.07) is 3.66. The van der Waals surface area contributed by atoms with E-state index in [1.807, 2.05) is 6.07 Å². The molecule has 24 heavy (non-hydrogen) atoms. The first-order chi connectivity index (χ1) is 11.7. The van der Waals surface area contributed by atoms with E-state index in [0.717, 1.165) is 5.39 Å². The number of carbonyl (C=O) groups excluding carboxylic acids is 2. The van der Waals surface area contributed by atoms with Gasteiger partial charge in [-0.3, -0.25) is 19.6 Å². The standard InChI is InChI=1S/C16H10N6O2/c23-8-3-5-18-12-9(8)13-11(7-2-1-4-17-10(7)12)22-15-14(21-13)16(24)20-6-19-15/h1-2,4-5H,3,6H2,(H,19,22)(H,20,24). The minimum atomic E-state index is -0.315.